The van der Waals surface area contributed by atoms with Crippen molar-refractivity contribution in [3.05, 3.63) is 29.3 Å². The molecule has 0 N–H and O–H groups in total. The van der Waals surface area contributed by atoms with Crippen LogP contribution < -0.4 is 4.74 Å². The summed E-state index contributed by atoms with van der Waals surface area (Å²) in [6.07, 6.45) is 4.80. The van der Waals surface area contributed by atoms with Crippen LogP contribution in [0.4, 0.5) is 0 Å². The number of rotatable bonds is 4. The maximum Gasteiger partial charge on any atom is 0.243 e. The predicted octanol–water partition coefficient (Wildman–Crippen LogP) is 1.86. The summed E-state index contributed by atoms with van der Waals surface area (Å²) in [5, 5.41) is 4.11. The Kier molecular flexibility index (Phi) is 3.29. The molecule has 1 saturated carbocycles. The molecule has 1 fully saturated rings. The Labute approximate surface area is 128 Å². The van der Waals surface area contributed by atoms with Gasteiger partial charge >= 0.3 is 0 Å². The zero-order chi connectivity index (χ0) is 15.1. The number of nitrogens with zero attached hydrogens (tertiary/aromatic N) is 5. The molecule has 0 aromatic carbocycles. The fourth-order valence-corrected chi connectivity index (χ4v) is 2.92. The zero-order valence-electron chi connectivity index (χ0n) is 12.8. The normalized spacial score (nSPS) is 19.7. The third-order valence-electron chi connectivity index (χ3n) is 4.49. The number of fused-ring (bicyclic) bond motifs is 1. The van der Waals surface area contributed by atoms with Crippen molar-refractivity contribution in [1.82, 2.24) is 25.0 Å². The molecule has 1 aliphatic carbocycles. The molecular weight excluding hydrogens is 282 g/mol. The second kappa shape index (κ2) is 5.31. The van der Waals surface area contributed by atoms with Crippen molar-refractivity contribution in [1.29, 1.82) is 0 Å². The van der Waals surface area contributed by atoms with Gasteiger partial charge < -0.3 is 9.26 Å². The zero-order valence-corrected chi connectivity index (χ0v) is 12.8. The van der Waals surface area contributed by atoms with Gasteiger partial charge in [-0.05, 0) is 19.8 Å². The van der Waals surface area contributed by atoms with Crippen molar-refractivity contribution in [3.8, 4) is 5.88 Å². The highest BCUT2D eigenvalue weighted by molar-refractivity contribution is 5.31. The molecule has 0 radical (unpaired) electrons. The Morgan fingerprint density at radius 1 is 1.36 bits per heavy atom. The molecular formula is C15H19N5O2. The van der Waals surface area contributed by atoms with E-state index in [1.54, 1.807) is 13.4 Å². The standard InChI is InChI=1S/C15H19N5O2/c1-9(14-18-13(19-22-14)10-3-4-10)20-6-5-12-11(7-20)15(21-2)17-8-16-12/h8-10H,3-7H2,1-2H3/t9-/m0/s1. The van der Waals surface area contributed by atoms with E-state index in [9.17, 15) is 0 Å². The lowest BCUT2D eigenvalue weighted by molar-refractivity contribution is 0.154. The summed E-state index contributed by atoms with van der Waals surface area (Å²) in [7, 11) is 1.64. The van der Waals surface area contributed by atoms with Crippen LogP contribution in [0.1, 0.15) is 54.7 Å². The molecule has 0 saturated heterocycles. The van der Waals surface area contributed by atoms with Gasteiger partial charge in [-0.3, -0.25) is 4.90 Å². The van der Waals surface area contributed by atoms with Gasteiger partial charge in [-0.15, -0.1) is 0 Å². The fraction of sp³-hybridized carbons (Fsp3) is 0.600. The molecule has 0 amide bonds. The van der Waals surface area contributed by atoms with Gasteiger partial charge in [0.15, 0.2) is 5.82 Å². The Balaban J connectivity index is 1.55. The molecule has 1 aliphatic heterocycles. The Morgan fingerprint density at radius 3 is 3.00 bits per heavy atom. The summed E-state index contributed by atoms with van der Waals surface area (Å²) in [4.78, 5) is 15.4. The third kappa shape index (κ3) is 2.35. The summed E-state index contributed by atoms with van der Waals surface area (Å²) in [6, 6.07) is 0.0815. The van der Waals surface area contributed by atoms with Crippen molar-refractivity contribution in [3.63, 3.8) is 0 Å². The summed E-state index contributed by atoms with van der Waals surface area (Å²) >= 11 is 0. The molecule has 116 valence electrons. The van der Waals surface area contributed by atoms with E-state index >= 15 is 0 Å². The van der Waals surface area contributed by atoms with Gasteiger partial charge in [0.05, 0.1) is 18.8 Å². The molecule has 0 spiro atoms. The van der Waals surface area contributed by atoms with E-state index in [0.717, 1.165) is 36.6 Å². The first-order chi connectivity index (χ1) is 10.8. The molecule has 22 heavy (non-hydrogen) atoms. The van der Waals surface area contributed by atoms with Crippen LogP contribution in [0.3, 0.4) is 0 Å². The van der Waals surface area contributed by atoms with Gasteiger partial charge in [0.25, 0.3) is 0 Å². The number of hydrogen-bond donors (Lipinski definition) is 0. The van der Waals surface area contributed by atoms with E-state index in [-0.39, 0.29) is 6.04 Å². The van der Waals surface area contributed by atoms with E-state index in [0.29, 0.717) is 17.7 Å². The highest BCUT2D eigenvalue weighted by Crippen LogP contribution is 2.39. The van der Waals surface area contributed by atoms with Crippen molar-refractivity contribution >= 4 is 0 Å². The summed E-state index contributed by atoms with van der Waals surface area (Å²) < 4.78 is 10.8. The number of aromatic nitrogens is 4. The summed E-state index contributed by atoms with van der Waals surface area (Å²) in [5.41, 5.74) is 2.13. The molecule has 2 aliphatic rings. The number of ether oxygens (including phenoxy) is 1. The lowest BCUT2D eigenvalue weighted by Crippen LogP contribution is -2.34. The van der Waals surface area contributed by atoms with Gasteiger partial charge in [0.1, 0.15) is 6.33 Å². The first kappa shape index (κ1) is 13.6. The molecule has 0 unspecified atom stereocenters. The van der Waals surface area contributed by atoms with Crippen LogP contribution in [0.25, 0.3) is 0 Å². The topological polar surface area (TPSA) is 77.2 Å². The second-order valence-electron chi connectivity index (χ2n) is 5.97. The van der Waals surface area contributed by atoms with Gasteiger partial charge in [0.2, 0.25) is 11.8 Å². The molecule has 1 atom stereocenters. The van der Waals surface area contributed by atoms with Crippen LogP contribution in [-0.4, -0.2) is 38.7 Å². The Bertz CT molecular complexity index is 668. The molecule has 7 heteroatoms. The fourth-order valence-electron chi connectivity index (χ4n) is 2.92. The van der Waals surface area contributed by atoms with Crippen molar-refractivity contribution < 1.29 is 9.26 Å². The van der Waals surface area contributed by atoms with Gasteiger partial charge in [0, 0.05) is 31.0 Å². The summed E-state index contributed by atoms with van der Waals surface area (Å²) in [5.74, 6) is 2.73. The lowest BCUT2D eigenvalue weighted by Gasteiger charge is -2.31. The predicted molar refractivity (Wildman–Crippen MR) is 77.4 cm³/mol. The quantitative estimate of drug-likeness (QED) is 0.853. The van der Waals surface area contributed by atoms with Crippen LogP contribution in [0, 0.1) is 0 Å². The molecule has 2 aromatic heterocycles. The average Bonchev–Trinajstić information content (AvgIpc) is 3.30. The van der Waals surface area contributed by atoms with E-state index < -0.39 is 0 Å². The van der Waals surface area contributed by atoms with E-state index in [2.05, 4.69) is 31.9 Å². The molecule has 2 aromatic rings. The van der Waals surface area contributed by atoms with Crippen molar-refractivity contribution in [2.45, 2.75) is 44.7 Å². The van der Waals surface area contributed by atoms with E-state index in [4.69, 9.17) is 9.26 Å². The lowest BCUT2D eigenvalue weighted by atomic mass is 10.0. The average molecular weight is 301 g/mol. The minimum atomic E-state index is 0.0815. The van der Waals surface area contributed by atoms with E-state index in [1.807, 2.05) is 0 Å². The Morgan fingerprint density at radius 2 is 2.23 bits per heavy atom. The molecule has 7 nitrogen and oxygen atoms in total. The van der Waals surface area contributed by atoms with Gasteiger partial charge in [-0.25, -0.2) is 9.97 Å². The van der Waals surface area contributed by atoms with Crippen molar-refractivity contribution in [2.75, 3.05) is 13.7 Å². The minimum absolute atomic E-state index is 0.0815. The minimum Gasteiger partial charge on any atom is -0.481 e. The SMILES string of the molecule is COc1ncnc2c1CN([C@@H](C)c1nc(C3CC3)no1)CC2. The second-order valence-corrected chi connectivity index (χ2v) is 5.97. The maximum atomic E-state index is 5.46. The van der Waals surface area contributed by atoms with Gasteiger partial charge in [-0.1, -0.05) is 5.16 Å². The highest BCUT2D eigenvalue weighted by atomic mass is 16.5. The Hall–Kier alpha value is -2.02. The van der Waals surface area contributed by atoms with Crippen LogP contribution >= 0.6 is 0 Å². The van der Waals surface area contributed by atoms with Crippen LogP contribution in [-0.2, 0) is 13.0 Å². The van der Waals surface area contributed by atoms with Crippen molar-refractivity contribution in [2.24, 2.45) is 0 Å². The highest BCUT2D eigenvalue weighted by Gasteiger charge is 2.32. The largest absolute Gasteiger partial charge is 0.481 e. The third-order valence-corrected chi connectivity index (χ3v) is 4.49. The van der Waals surface area contributed by atoms with Gasteiger partial charge in [-0.2, -0.15) is 4.98 Å². The number of hydrogen-bond acceptors (Lipinski definition) is 7. The first-order valence-corrected chi connectivity index (χ1v) is 7.70. The summed E-state index contributed by atoms with van der Waals surface area (Å²) in [6.45, 7) is 3.75. The number of methoxy groups -OCH3 is 1. The maximum absolute atomic E-state index is 5.46. The van der Waals surface area contributed by atoms with Crippen LogP contribution in [0.5, 0.6) is 5.88 Å². The molecule has 3 heterocycles. The molecule has 4 rings (SSSR count). The van der Waals surface area contributed by atoms with Crippen LogP contribution in [0.15, 0.2) is 10.9 Å². The smallest absolute Gasteiger partial charge is 0.243 e. The molecule has 0 bridgehead atoms. The monoisotopic (exact) mass is 301 g/mol. The first-order valence-electron chi connectivity index (χ1n) is 7.70. The van der Waals surface area contributed by atoms with E-state index in [1.165, 1.54) is 12.8 Å². The van der Waals surface area contributed by atoms with Crippen LogP contribution in [0.2, 0.25) is 0 Å².